The van der Waals surface area contributed by atoms with E-state index in [1.807, 2.05) is 23.5 Å². The van der Waals surface area contributed by atoms with Gasteiger partial charge in [-0.2, -0.15) is 0 Å². The maximum absolute atomic E-state index is 3.69. The first-order valence-electron chi connectivity index (χ1n) is 17.3. The highest BCUT2D eigenvalue weighted by Crippen LogP contribution is 2.40. The maximum atomic E-state index is 3.69. The minimum absolute atomic E-state index is 1.18. The van der Waals surface area contributed by atoms with Crippen LogP contribution in [0.25, 0.3) is 65.6 Å². The molecule has 0 saturated heterocycles. The van der Waals surface area contributed by atoms with Crippen molar-refractivity contribution in [3.63, 3.8) is 0 Å². The van der Waals surface area contributed by atoms with Crippen LogP contribution in [0.15, 0.2) is 183 Å². The Labute approximate surface area is 303 Å². The molecule has 246 valence electrons. The summed E-state index contributed by atoms with van der Waals surface area (Å²) in [4.78, 5) is 3.63. The molecular formula is C48H38N2S. The van der Waals surface area contributed by atoms with Crippen LogP contribution < -0.4 is 4.90 Å². The van der Waals surface area contributed by atoms with Gasteiger partial charge in [0.1, 0.15) is 0 Å². The molecule has 2 nitrogen and oxygen atoms in total. The predicted octanol–water partition coefficient (Wildman–Crippen LogP) is 13.8. The second-order valence-corrected chi connectivity index (χ2v) is 13.9. The van der Waals surface area contributed by atoms with Gasteiger partial charge in [0.05, 0.1) is 11.0 Å². The Morgan fingerprint density at radius 1 is 0.588 bits per heavy atom. The third-order valence-corrected chi connectivity index (χ3v) is 10.7. The summed E-state index contributed by atoms with van der Waals surface area (Å²) in [6.07, 6.45) is 5.93. The number of hydrogen-bond acceptors (Lipinski definition) is 2. The van der Waals surface area contributed by atoms with Crippen LogP contribution in [-0.2, 0) is 0 Å². The molecule has 9 aromatic rings. The van der Waals surface area contributed by atoms with Crippen molar-refractivity contribution in [3.8, 4) is 16.8 Å². The minimum atomic E-state index is 1.18. The van der Waals surface area contributed by atoms with Crippen LogP contribution in [0.2, 0.25) is 0 Å². The van der Waals surface area contributed by atoms with E-state index in [0.29, 0.717) is 0 Å². The number of fused-ring (bicyclic) bond motifs is 5. The third kappa shape index (κ3) is 6.03. The van der Waals surface area contributed by atoms with Gasteiger partial charge in [-0.05, 0) is 89.0 Å². The summed E-state index contributed by atoms with van der Waals surface area (Å²) in [5.41, 5.74) is 9.81. The number of aromatic nitrogens is 1. The summed E-state index contributed by atoms with van der Waals surface area (Å²) in [7, 11) is 2.14. The van der Waals surface area contributed by atoms with Crippen LogP contribution in [-0.4, -0.2) is 11.6 Å². The van der Waals surface area contributed by atoms with E-state index in [1.165, 1.54) is 81.3 Å². The van der Waals surface area contributed by atoms with E-state index in [4.69, 9.17) is 0 Å². The van der Waals surface area contributed by atoms with Gasteiger partial charge in [0.25, 0.3) is 0 Å². The van der Waals surface area contributed by atoms with Crippen LogP contribution in [0.4, 0.5) is 11.4 Å². The Morgan fingerprint density at radius 3 is 1.98 bits per heavy atom. The molecule has 2 heterocycles. The average molecular weight is 675 g/mol. The number of anilines is 2. The predicted molar refractivity (Wildman–Crippen MR) is 224 cm³/mol. The number of para-hydroxylation sites is 3. The maximum Gasteiger partial charge on any atom is 0.0541 e. The average Bonchev–Trinajstić information content (AvgIpc) is 3.70. The Hall–Kier alpha value is -6.16. The monoisotopic (exact) mass is 674 g/mol. The fourth-order valence-electron chi connectivity index (χ4n) is 7.17. The highest BCUT2D eigenvalue weighted by molar-refractivity contribution is 7.19. The SMILES string of the molecule is C=C/C=C\c1c(C)sc2ccccc12.CN(c1ccccc1)c1ccc(-c2ccc3c(c2)c2ccccc2n3-c2ccccc2)c2ccccc12. The van der Waals surface area contributed by atoms with E-state index >= 15 is 0 Å². The summed E-state index contributed by atoms with van der Waals surface area (Å²) in [5, 5.41) is 6.39. The summed E-state index contributed by atoms with van der Waals surface area (Å²) in [6, 6.07) is 58.5. The first kappa shape index (κ1) is 32.1. The van der Waals surface area contributed by atoms with Crippen molar-refractivity contribution in [3.05, 3.63) is 193 Å². The largest absolute Gasteiger partial charge is 0.344 e. The highest BCUT2D eigenvalue weighted by atomic mass is 32.1. The molecule has 0 aliphatic rings. The molecule has 7 aromatic carbocycles. The molecule has 0 bridgehead atoms. The molecule has 0 N–H and O–H groups in total. The summed E-state index contributed by atoms with van der Waals surface area (Å²) in [5.74, 6) is 0. The van der Waals surface area contributed by atoms with Crippen molar-refractivity contribution in [2.24, 2.45) is 0 Å². The smallest absolute Gasteiger partial charge is 0.0541 e. The number of aryl methyl sites for hydroxylation is 1. The second kappa shape index (κ2) is 14.0. The van der Waals surface area contributed by atoms with Gasteiger partial charge >= 0.3 is 0 Å². The third-order valence-electron chi connectivity index (χ3n) is 9.62. The lowest BCUT2D eigenvalue weighted by Gasteiger charge is -2.22. The summed E-state index contributed by atoms with van der Waals surface area (Å²) in [6.45, 7) is 5.85. The molecule has 2 aromatic heterocycles. The standard InChI is InChI=1S/C35H26N2.C13H12S/c1-36(26-12-4-2-5-13-26)33-23-21-28(29-16-8-9-17-30(29)33)25-20-22-35-32(24-25)31-18-10-11-19-34(31)37(35)27-14-6-3-7-15-27;1-3-4-7-11-10(2)14-13-9-6-5-8-12(11)13/h2-24H,1H3;3-9H,1H2,2H3/b;7-4-. The van der Waals surface area contributed by atoms with E-state index in [0.717, 1.165) is 0 Å². The topological polar surface area (TPSA) is 8.17 Å². The van der Waals surface area contributed by atoms with Gasteiger partial charge in [0.15, 0.2) is 0 Å². The Bertz CT molecular complexity index is 2680. The number of rotatable bonds is 6. The number of nitrogens with zero attached hydrogens (tertiary/aromatic N) is 2. The zero-order valence-corrected chi connectivity index (χ0v) is 29.6. The van der Waals surface area contributed by atoms with E-state index in [1.54, 1.807) is 0 Å². The molecule has 3 heteroatoms. The second-order valence-electron chi connectivity index (χ2n) is 12.7. The van der Waals surface area contributed by atoms with Gasteiger partial charge in [0, 0.05) is 49.8 Å². The lowest BCUT2D eigenvalue weighted by molar-refractivity contribution is 1.18. The van der Waals surface area contributed by atoms with Gasteiger partial charge in [-0.3, -0.25) is 0 Å². The molecule has 0 fully saturated rings. The van der Waals surface area contributed by atoms with Gasteiger partial charge in [0.2, 0.25) is 0 Å². The van der Waals surface area contributed by atoms with Crippen LogP contribution in [0.1, 0.15) is 10.4 Å². The zero-order chi connectivity index (χ0) is 34.7. The van der Waals surface area contributed by atoms with Crippen molar-refractivity contribution in [2.45, 2.75) is 6.92 Å². The summed E-state index contributed by atoms with van der Waals surface area (Å²) >= 11 is 1.84. The van der Waals surface area contributed by atoms with Crippen LogP contribution in [0.5, 0.6) is 0 Å². The van der Waals surface area contributed by atoms with Crippen molar-refractivity contribution in [1.82, 2.24) is 4.57 Å². The first-order valence-corrected chi connectivity index (χ1v) is 18.1. The van der Waals surface area contributed by atoms with E-state index in [-0.39, 0.29) is 0 Å². The van der Waals surface area contributed by atoms with Crippen LogP contribution in [0.3, 0.4) is 0 Å². The van der Waals surface area contributed by atoms with Crippen molar-refractivity contribution >= 4 is 71.5 Å². The zero-order valence-electron chi connectivity index (χ0n) is 28.8. The Morgan fingerprint density at radius 2 is 1.22 bits per heavy atom. The van der Waals surface area contributed by atoms with Crippen molar-refractivity contribution < 1.29 is 0 Å². The van der Waals surface area contributed by atoms with Crippen LogP contribution >= 0.6 is 11.3 Å². The summed E-state index contributed by atoms with van der Waals surface area (Å²) < 4.78 is 3.72. The van der Waals surface area contributed by atoms with Gasteiger partial charge in [-0.15, -0.1) is 11.3 Å². The molecule has 0 radical (unpaired) electrons. The fraction of sp³-hybridized carbons (Fsp3) is 0.0417. The number of thiophene rings is 1. The number of hydrogen-bond donors (Lipinski definition) is 0. The van der Waals surface area contributed by atoms with Crippen LogP contribution in [0, 0.1) is 6.92 Å². The molecule has 9 rings (SSSR count). The fourth-order valence-corrected chi connectivity index (χ4v) is 8.23. The molecular weight excluding hydrogens is 637 g/mol. The molecule has 0 amide bonds. The number of benzene rings is 7. The minimum Gasteiger partial charge on any atom is -0.344 e. The molecule has 0 unspecified atom stereocenters. The normalized spacial score (nSPS) is 11.3. The molecule has 0 saturated carbocycles. The van der Waals surface area contributed by atoms with Crippen molar-refractivity contribution in [1.29, 1.82) is 0 Å². The van der Waals surface area contributed by atoms with Crippen molar-refractivity contribution in [2.75, 3.05) is 11.9 Å². The lowest BCUT2D eigenvalue weighted by Crippen LogP contribution is -2.09. The van der Waals surface area contributed by atoms with E-state index in [2.05, 4.69) is 200 Å². The van der Waals surface area contributed by atoms with Gasteiger partial charge in [-0.25, -0.2) is 0 Å². The molecule has 0 aliphatic carbocycles. The molecule has 0 aliphatic heterocycles. The lowest BCUT2D eigenvalue weighted by atomic mass is 9.95. The quantitative estimate of drug-likeness (QED) is 0.159. The highest BCUT2D eigenvalue weighted by Gasteiger charge is 2.16. The Kier molecular flexibility index (Phi) is 8.80. The van der Waals surface area contributed by atoms with Gasteiger partial charge < -0.3 is 9.47 Å². The van der Waals surface area contributed by atoms with E-state index in [9.17, 15) is 0 Å². The van der Waals surface area contributed by atoms with Gasteiger partial charge in [-0.1, -0.05) is 134 Å². The first-order chi connectivity index (χ1) is 25.1. The number of allylic oxidation sites excluding steroid dienone is 2. The molecule has 51 heavy (non-hydrogen) atoms. The van der Waals surface area contributed by atoms with E-state index < -0.39 is 0 Å². The molecule has 0 atom stereocenters. The molecule has 0 spiro atoms. The Balaban J connectivity index is 0.000000224.